The Balaban J connectivity index is 1.47. The predicted molar refractivity (Wildman–Crippen MR) is 91.5 cm³/mol. The molecule has 25 heavy (non-hydrogen) atoms. The molecule has 2 aliphatic rings. The summed E-state index contributed by atoms with van der Waals surface area (Å²) in [6.07, 6.45) is 4.85. The second-order valence-corrected chi connectivity index (χ2v) is 6.85. The minimum atomic E-state index is -0.0902. The maximum atomic E-state index is 12.9. The van der Waals surface area contributed by atoms with E-state index < -0.39 is 0 Å². The van der Waals surface area contributed by atoms with Crippen LogP contribution in [0.3, 0.4) is 0 Å². The lowest BCUT2D eigenvalue weighted by molar-refractivity contribution is 0.0672. The first-order valence-electron chi connectivity index (χ1n) is 8.83. The highest BCUT2D eigenvalue weighted by Crippen LogP contribution is 2.30. The topological polar surface area (TPSA) is 64.7 Å². The molecule has 2 aromatic rings. The Hall–Kier alpha value is -2.34. The van der Waals surface area contributed by atoms with Crippen molar-refractivity contribution >= 4 is 5.91 Å². The smallest absolute Gasteiger partial charge is 0.289 e. The Morgan fingerprint density at radius 2 is 2.08 bits per heavy atom. The first-order chi connectivity index (χ1) is 12.2. The van der Waals surface area contributed by atoms with Gasteiger partial charge in [-0.2, -0.15) is 0 Å². The van der Waals surface area contributed by atoms with Gasteiger partial charge in [-0.3, -0.25) is 9.59 Å². The van der Waals surface area contributed by atoms with Gasteiger partial charge in [-0.15, -0.1) is 0 Å². The van der Waals surface area contributed by atoms with E-state index in [1.165, 1.54) is 6.07 Å². The number of furan rings is 1. The van der Waals surface area contributed by atoms with E-state index in [1.807, 2.05) is 4.90 Å². The van der Waals surface area contributed by atoms with Gasteiger partial charge < -0.3 is 18.6 Å². The van der Waals surface area contributed by atoms with Gasteiger partial charge in [-0.25, -0.2) is 0 Å². The van der Waals surface area contributed by atoms with E-state index in [4.69, 9.17) is 9.15 Å². The summed E-state index contributed by atoms with van der Waals surface area (Å²) in [4.78, 5) is 26.6. The number of hydrogen-bond acceptors (Lipinski definition) is 4. The summed E-state index contributed by atoms with van der Waals surface area (Å²) in [5.41, 5.74) is -0.0902. The van der Waals surface area contributed by atoms with Crippen LogP contribution in [-0.2, 0) is 11.3 Å². The van der Waals surface area contributed by atoms with Gasteiger partial charge in [0.2, 0.25) is 0 Å². The van der Waals surface area contributed by atoms with Crippen LogP contribution in [-0.4, -0.2) is 41.2 Å². The first-order valence-corrected chi connectivity index (χ1v) is 8.83. The molecule has 0 spiro atoms. The summed E-state index contributed by atoms with van der Waals surface area (Å²) in [6.45, 7) is 2.58. The van der Waals surface area contributed by atoms with Gasteiger partial charge in [0, 0.05) is 37.4 Å². The lowest BCUT2D eigenvalue weighted by Gasteiger charge is -2.24. The van der Waals surface area contributed by atoms with Crippen LogP contribution in [0.4, 0.5) is 0 Å². The summed E-state index contributed by atoms with van der Waals surface area (Å²) < 4.78 is 12.7. The number of aromatic nitrogens is 1. The zero-order valence-electron chi connectivity index (χ0n) is 14.1. The maximum Gasteiger partial charge on any atom is 0.289 e. The quantitative estimate of drug-likeness (QED) is 0.807. The molecular formula is C19H22N2O4. The molecule has 132 valence electrons. The van der Waals surface area contributed by atoms with Crippen LogP contribution in [0, 0.1) is 5.92 Å². The molecule has 0 bridgehead atoms. The molecule has 6 nitrogen and oxygen atoms in total. The van der Waals surface area contributed by atoms with E-state index in [1.54, 1.807) is 35.0 Å². The Kier molecular flexibility index (Phi) is 4.44. The Bertz CT molecular complexity index is 800. The van der Waals surface area contributed by atoms with E-state index in [0.717, 1.165) is 39.0 Å². The van der Waals surface area contributed by atoms with Gasteiger partial charge in [-0.1, -0.05) is 6.07 Å². The summed E-state index contributed by atoms with van der Waals surface area (Å²) in [5, 5.41) is 0. The van der Waals surface area contributed by atoms with E-state index in [0.29, 0.717) is 30.0 Å². The molecule has 1 amide bonds. The minimum absolute atomic E-state index is 0.0546. The standard InChI is InChI=1S/C19H22N2O4/c22-18-3-1-2-9-20(18)12-16-6-7-17(25-16)19(23)21(15-4-5-15)11-14-8-10-24-13-14/h1-3,6-7,9,14-15H,4-5,8,10-13H2/t14-/m0/s1. The molecule has 2 aromatic heterocycles. The fourth-order valence-corrected chi connectivity index (χ4v) is 3.27. The second-order valence-electron chi connectivity index (χ2n) is 6.85. The number of amides is 1. The van der Waals surface area contributed by atoms with Crippen LogP contribution in [0.15, 0.2) is 45.7 Å². The van der Waals surface area contributed by atoms with E-state index in [2.05, 4.69) is 0 Å². The molecule has 2 fully saturated rings. The first kappa shape index (κ1) is 16.1. The van der Waals surface area contributed by atoms with E-state index in [9.17, 15) is 9.59 Å². The molecule has 0 aromatic carbocycles. The predicted octanol–water partition coefficient (Wildman–Crippen LogP) is 2.13. The van der Waals surface area contributed by atoms with Crippen LogP contribution in [0.1, 0.15) is 35.6 Å². The lowest BCUT2D eigenvalue weighted by Crippen LogP contribution is -2.37. The number of hydrogen-bond donors (Lipinski definition) is 0. The summed E-state index contributed by atoms with van der Waals surface area (Å²) >= 11 is 0. The number of carbonyl (C=O) groups is 1. The van der Waals surface area contributed by atoms with Gasteiger partial charge in [0.15, 0.2) is 5.76 Å². The maximum absolute atomic E-state index is 12.9. The van der Waals surface area contributed by atoms with Crippen molar-refractivity contribution in [2.45, 2.75) is 31.8 Å². The van der Waals surface area contributed by atoms with Gasteiger partial charge in [0.05, 0.1) is 13.2 Å². The molecule has 0 unspecified atom stereocenters. The molecule has 1 atom stereocenters. The third-order valence-electron chi connectivity index (χ3n) is 4.83. The average Bonchev–Trinajstić information content (AvgIpc) is 3.13. The Morgan fingerprint density at radius 1 is 1.20 bits per heavy atom. The average molecular weight is 342 g/mol. The third-order valence-corrected chi connectivity index (χ3v) is 4.83. The molecule has 1 aliphatic carbocycles. The van der Waals surface area contributed by atoms with Crippen molar-refractivity contribution in [2.75, 3.05) is 19.8 Å². The van der Waals surface area contributed by atoms with Crippen molar-refractivity contribution in [3.63, 3.8) is 0 Å². The molecule has 1 saturated carbocycles. The van der Waals surface area contributed by atoms with Crippen molar-refractivity contribution in [3.8, 4) is 0 Å². The third kappa shape index (κ3) is 3.69. The van der Waals surface area contributed by atoms with Crippen molar-refractivity contribution in [1.29, 1.82) is 0 Å². The van der Waals surface area contributed by atoms with Crippen LogP contribution < -0.4 is 5.56 Å². The van der Waals surface area contributed by atoms with E-state index in [-0.39, 0.29) is 11.5 Å². The normalized spacial score (nSPS) is 19.9. The fraction of sp³-hybridized carbons (Fsp3) is 0.474. The van der Waals surface area contributed by atoms with Gasteiger partial charge >= 0.3 is 0 Å². The van der Waals surface area contributed by atoms with Crippen molar-refractivity contribution in [2.24, 2.45) is 5.92 Å². The molecular weight excluding hydrogens is 320 g/mol. The van der Waals surface area contributed by atoms with Gasteiger partial charge in [0.1, 0.15) is 5.76 Å². The van der Waals surface area contributed by atoms with Crippen molar-refractivity contribution in [3.05, 3.63) is 58.4 Å². The van der Waals surface area contributed by atoms with Crippen LogP contribution >= 0.6 is 0 Å². The Morgan fingerprint density at radius 3 is 2.80 bits per heavy atom. The summed E-state index contributed by atoms with van der Waals surface area (Å²) in [7, 11) is 0. The van der Waals surface area contributed by atoms with Gasteiger partial charge in [-0.05, 0) is 37.5 Å². The summed E-state index contributed by atoms with van der Waals surface area (Å²) in [6, 6.07) is 8.83. The highest BCUT2D eigenvalue weighted by molar-refractivity contribution is 5.92. The zero-order chi connectivity index (χ0) is 17.2. The highest BCUT2D eigenvalue weighted by atomic mass is 16.5. The molecule has 0 radical (unpaired) electrons. The molecule has 6 heteroatoms. The molecule has 1 aliphatic heterocycles. The van der Waals surface area contributed by atoms with Gasteiger partial charge in [0.25, 0.3) is 11.5 Å². The number of rotatable bonds is 6. The fourth-order valence-electron chi connectivity index (χ4n) is 3.27. The number of nitrogens with zero attached hydrogens (tertiary/aromatic N) is 2. The lowest BCUT2D eigenvalue weighted by atomic mass is 10.1. The zero-order valence-corrected chi connectivity index (χ0v) is 14.1. The Labute approximate surface area is 146 Å². The second kappa shape index (κ2) is 6.88. The molecule has 0 N–H and O–H groups in total. The molecule has 3 heterocycles. The van der Waals surface area contributed by atoms with Crippen molar-refractivity contribution in [1.82, 2.24) is 9.47 Å². The van der Waals surface area contributed by atoms with Crippen LogP contribution in [0.2, 0.25) is 0 Å². The number of pyridine rings is 1. The SMILES string of the molecule is O=C(c1ccc(Cn2ccccc2=O)o1)N(C[C@@H]1CCOC1)C1CC1. The van der Waals surface area contributed by atoms with Crippen LogP contribution in [0.25, 0.3) is 0 Å². The highest BCUT2D eigenvalue weighted by Gasteiger charge is 2.36. The monoisotopic (exact) mass is 342 g/mol. The van der Waals surface area contributed by atoms with Crippen LogP contribution in [0.5, 0.6) is 0 Å². The summed E-state index contributed by atoms with van der Waals surface area (Å²) in [5.74, 6) is 1.32. The molecule has 4 rings (SSSR count). The molecule has 1 saturated heterocycles. The minimum Gasteiger partial charge on any atom is -0.454 e. The largest absolute Gasteiger partial charge is 0.454 e. The number of carbonyl (C=O) groups excluding carboxylic acids is 1. The van der Waals surface area contributed by atoms with Crippen molar-refractivity contribution < 1.29 is 13.9 Å². The number of ether oxygens (including phenoxy) is 1. The van der Waals surface area contributed by atoms with E-state index >= 15 is 0 Å².